The lowest BCUT2D eigenvalue weighted by Crippen LogP contribution is -2.60. The zero-order valence-electron chi connectivity index (χ0n) is 23.8. The van der Waals surface area contributed by atoms with Gasteiger partial charge in [0, 0.05) is 25.8 Å². The average Bonchev–Trinajstić information content (AvgIpc) is 3.42. The molecule has 0 radical (unpaired) electrons. The van der Waals surface area contributed by atoms with Crippen LogP contribution in [0.3, 0.4) is 0 Å². The molecule has 6 amide bonds. The number of anilines is 1. The van der Waals surface area contributed by atoms with Crippen molar-refractivity contribution in [1.29, 1.82) is 0 Å². The van der Waals surface area contributed by atoms with Crippen LogP contribution in [-0.4, -0.2) is 85.2 Å². The second kappa shape index (κ2) is 14.2. The zero-order valence-corrected chi connectivity index (χ0v) is 23.8. The highest BCUT2D eigenvalue weighted by atomic mass is 16.2. The summed E-state index contributed by atoms with van der Waals surface area (Å²) in [6.07, 6.45) is 2.34. The maximum absolute atomic E-state index is 13.6. The second-order valence-electron chi connectivity index (χ2n) is 10.7. The second-order valence-corrected chi connectivity index (χ2v) is 10.7. The van der Waals surface area contributed by atoms with Crippen molar-refractivity contribution in [3.63, 3.8) is 0 Å². The number of rotatable bonds is 11. The van der Waals surface area contributed by atoms with Crippen LogP contribution in [0.15, 0.2) is 43.0 Å². The Morgan fingerprint density at radius 2 is 1.73 bits per heavy atom. The van der Waals surface area contributed by atoms with Gasteiger partial charge in [-0.25, -0.2) is 4.79 Å². The van der Waals surface area contributed by atoms with E-state index in [-0.39, 0.29) is 25.5 Å². The van der Waals surface area contributed by atoms with Gasteiger partial charge in [-0.1, -0.05) is 45.0 Å². The highest BCUT2D eigenvalue weighted by Gasteiger charge is 2.42. The predicted molar refractivity (Wildman–Crippen MR) is 150 cm³/mol. The lowest BCUT2D eigenvalue weighted by Gasteiger charge is -2.35. The molecule has 3 unspecified atom stereocenters. The van der Waals surface area contributed by atoms with E-state index in [1.807, 2.05) is 6.07 Å². The molecule has 1 saturated heterocycles. The van der Waals surface area contributed by atoms with E-state index in [0.29, 0.717) is 18.5 Å². The standard InChI is InChI=1S/C28H40N6O6/c1-7-15-29-25(38)22(36)18(2)31-24(37)20-14-11-16-34(20)26(39)23(28(3,4)5)32-27(40)30-17-21(35)33(6)19-12-9-8-10-13-19/h7-10,12-13,18,20,23H,1,11,14-17H2,2-6H3,(H,29,38)(H,31,37)(H2,30,32,40). The number of Topliss-reactive ketones (excluding diaryl/α,β-unsaturated/α-hetero) is 1. The Balaban J connectivity index is 2.03. The van der Waals surface area contributed by atoms with Crippen LogP contribution >= 0.6 is 0 Å². The zero-order chi connectivity index (χ0) is 30.0. The summed E-state index contributed by atoms with van der Waals surface area (Å²) in [4.78, 5) is 78.9. The van der Waals surface area contributed by atoms with Crippen LogP contribution in [-0.2, 0) is 24.0 Å². The molecule has 1 aliphatic rings. The Bertz CT molecular complexity index is 1120. The molecule has 0 spiro atoms. The van der Waals surface area contributed by atoms with Gasteiger partial charge in [-0.15, -0.1) is 6.58 Å². The van der Waals surface area contributed by atoms with Crippen LogP contribution in [0.5, 0.6) is 0 Å². The number of carbonyl (C=O) groups excluding carboxylic acids is 6. The summed E-state index contributed by atoms with van der Waals surface area (Å²) in [5.41, 5.74) is -0.0562. The van der Waals surface area contributed by atoms with Gasteiger partial charge in [-0.2, -0.15) is 0 Å². The molecular formula is C28H40N6O6. The van der Waals surface area contributed by atoms with E-state index in [4.69, 9.17) is 0 Å². The molecule has 1 heterocycles. The Morgan fingerprint density at radius 3 is 2.33 bits per heavy atom. The molecule has 0 aromatic heterocycles. The highest BCUT2D eigenvalue weighted by Crippen LogP contribution is 2.26. The number of nitrogens with one attached hydrogen (secondary N) is 4. The van der Waals surface area contributed by atoms with E-state index in [9.17, 15) is 28.8 Å². The van der Waals surface area contributed by atoms with Crippen molar-refractivity contribution in [3.8, 4) is 0 Å². The van der Waals surface area contributed by atoms with Crippen LogP contribution in [0.25, 0.3) is 0 Å². The van der Waals surface area contributed by atoms with E-state index in [2.05, 4.69) is 27.8 Å². The largest absolute Gasteiger partial charge is 0.346 e. The molecule has 4 N–H and O–H groups in total. The number of ketones is 1. The van der Waals surface area contributed by atoms with Crippen molar-refractivity contribution in [3.05, 3.63) is 43.0 Å². The van der Waals surface area contributed by atoms with Crippen molar-refractivity contribution < 1.29 is 28.8 Å². The summed E-state index contributed by atoms with van der Waals surface area (Å²) in [7, 11) is 1.60. The normalized spacial score (nSPS) is 16.2. The Morgan fingerprint density at radius 1 is 1.07 bits per heavy atom. The first-order valence-corrected chi connectivity index (χ1v) is 13.2. The number of benzene rings is 1. The fraction of sp³-hybridized carbons (Fsp3) is 0.500. The molecule has 1 aromatic carbocycles. The van der Waals surface area contributed by atoms with Gasteiger partial charge in [-0.3, -0.25) is 24.0 Å². The third kappa shape index (κ3) is 8.65. The molecular weight excluding hydrogens is 516 g/mol. The average molecular weight is 557 g/mol. The molecule has 3 atom stereocenters. The molecule has 1 fully saturated rings. The van der Waals surface area contributed by atoms with Crippen LogP contribution < -0.4 is 26.2 Å². The fourth-order valence-corrected chi connectivity index (χ4v) is 4.19. The number of amides is 6. The Hall–Kier alpha value is -4.22. The minimum absolute atomic E-state index is 0.114. The van der Waals surface area contributed by atoms with Gasteiger partial charge in [0.25, 0.3) is 5.91 Å². The molecule has 218 valence electrons. The number of para-hydroxylation sites is 1. The van der Waals surface area contributed by atoms with E-state index >= 15 is 0 Å². The van der Waals surface area contributed by atoms with Gasteiger partial charge in [0.2, 0.25) is 23.5 Å². The van der Waals surface area contributed by atoms with Crippen LogP contribution in [0.4, 0.5) is 10.5 Å². The van der Waals surface area contributed by atoms with Crippen LogP contribution in [0, 0.1) is 5.41 Å². The number of hydrogen-bond donors (Lipinski definition) is 4. The first-order chi connectivity index (χ1) is 18.8. The summed E-state index contributed by atoms with van der Waals surface area (Å²) < 4.78 is 0. The first-order valence-electron chi connectivity index (χ1n) is 13.2. The first kappa shape index (κ1) is 32.0. The van der Waals surface area contributed by atoms with E-state index in [1.54, 1.807) is 52.1 Å². The maximum atomic E-state index is 13.6. The monoisotopic (exact) mass is 556 g/mol. The third-order valence-corrected chi connectivity index (χ3v) is 6.53. The van der Waals surface area contributed by atoms with Gasteiger partial charge < -0.3 is 31.1 Å². The number of nitrogens with zero attached hydrogens (tertiary/aromatic N) is 2. The van der Waals surface area contributed by atoms with E-state index in [0.717, 1.165) is 0 Å². The summed E-state index contributed by atoms with van der Waals surface area (Å²) in [5.74, 6) is -3.03. The molecule has 2 rings (SSSR count). The van der Waals surface area contributed by atoms with E-state index in [1.165, 1.54) is 22.8 Å². The topological polar surface area (TPSA) is 157 Å². The minimum atomic E-state index is -1.09. The molecule has 0 aliphatic carbocycles. The lowest BCUT2D eigenvalue weighted by atomic mass is 9.85. The number of likely N-dealkylation sites (tertiary alicyclic amines) is 1. The SMILES string of the molecule is C=CCNC(=O)C(=O)C(C)NC(=O)C1CCCN1C(=O)C(NC(=O)NCC(=O)N(C)c1ccccc1)C(C)(C)C. The molecule has 0 saturated carbocycles. The van der Waals surface area contributed by atoms with Crippen molar-refractivity contribution in [1.82, 2.24) is 26.2 Å². The van der Waals surface area contributed by atoms with Crippen molar-refractivity contribution >= 4 is 41.1 Å². The Labute approximate surface area is 234 Å². The summed E-state index contributed by atoms with van der Waals surface area (Å²) in [6.45, 7) is 10.3. The van der Waals surface area contributed by atoms with Gasteiger partial charge in [0.15, 0.2) is 0 Å². The number of likely N-dealkylation sites (N-methyl/N-ethyl adjacent to an activating group) is 1. The summed E-state index contributed by atoms with van der Waals surface area (Å²) in [6, 6.07) is 5.29. The molecule has 12 heteroatoms. The smallest absolute Gasteiger partial charge is 0.315 e. The molecule has 12 nitrogen and oxygen atoms in total. The van der Waals surface area contributed by atoms with Gasteiger partial charge in [0.1, 0.15) is 12.1 Å². The Kier molecular flexibility index (Phi) is 11.4. The molecule has 0 bridgehead atoms. The summed E-state index contributed by atoms with van der Waals surface area (Å²) >= 11 is 0. The summed E-state index contributed by atoms with van der Waals surface area (Å²) in [5, 5.41) is 10.1. The third-order valence-electron chi connectivity index (χ3n) is 6.53. The van der Waals surface area contributed by atoms with Crippen molar-refractivity contribution in [2.24, 2.45) is 5.41 Å². The van der Waals surface area contributed by atoms with E-state index < -0.39 is 53.1 Å². The molecule has 40 heavy (non-hydrogen) atoms. The van der Waals surface area contributed by atoms with Gasteiger partial charge >= 0.3 is 6.03 Å². The number of hydrogen-bond acceptors (Lipinski definition) is 6. The lowest BCUT2D eigenvalue weighted by molar-refractivity contribution is -0.143. The van der Waals surface area contributed by atoms with Crippen LogP contribution in [0.2, 0.25) is 0 Å². The molecule has 1 aliphatic heterocycles. The van der Waals surface area contributed by atoms with Crippen molar-refractivity contribution in [2.75, 3.05) is 31.6 Å². The number of carbonyl (C=O) groups is 6. The maximum Gasteiger partial charge on any atom is 0.315 e. The molecule has 1 aromatic rings. The van der Waals surface area contributed by atoms with Gasteiger partial charge in [-0.05, 0) is 37.3 Å². The quantitative estimate of drug-likeness (QED) is 0.233. The van der Waals surface area contributed by atoms with Crippen LogP contribution in [0.1, 0.15) is 40.5 Å². The number of urea groups is 1. The highest BCUT2D eigenvalue weighted by molar-refractivity contribution is 6.38. The fourth-order valence-electron chi connectivity index (χ4n) is 4.19. The predicted octanol–water partition coefficient (Wildman–Crippen LogP) is 0.730. The van der Waals surface area contributed by atoms with Crippen molar-refractivity contribution in [2.45, 2.75) is 58.7 Å². The minimum Gasteiger partial charge on any atom is -0.346 e. The van der Waals surface area contributed by atoms with Gasteiger partial charge in [0.05, 0.1) is 12.6 Å².